The standard InChI is InChI=1S/C14H13N3O3/c18-12-5-7-16(8-6-12)14-4-1-10-9-11(17(19)20)2-3-13(10)15-14/h1-4,9H,5-8H2. The summed E-state index contributed by atoms with van der Waals surface area (Å²) in [6.45, 7) is 1.37. The van der Waals surface area contributed by atoms with E-state index >= 15 is 0 Å². The first-order chi connectivity index (χ1) is 9.63. The Hall–Kier alpha value is -2.50. The lowest BCUT2D eigenvalue weighted by Crippen LogP contribution is -2.34. The van der Waals surface area contributed by atoms with Gasteiger partial charge in [0.1, 0.15) is 11.6 Å². The van der Waals surface area contributed by atoms with E-state index in [2.05, 4.69) is 9.88 Å². The number of fused-ring (bicyclic) bond motifs is 1. The number of anilines is 1. The van der Waals surface area contributed by atoms with Crippen LogP contribution in [0.25, 0.3) is 10.9 Å². The summed E-state index contributed by atoms with van der Waals surface area (Å²) >= 11 is 0. The van der Waals surface area contributed by atoms with Crippen molar-refractivity contribution in [2.24, 2.45) is 0 Å². The number of carbonyl (C=O) groups excluding carboxylic acids is 1. The van der Waals surface area contributed by atoms with Gasteiger partial charge in [0.15, 0.2) is 0 Å². The average molecular weight is 271 g/mol. The number of ketones is 1. The van der Waals surface area contributed by atoms with Crippen LogP contribution in [0, 0.1) is 10.1 Å². The van der Waals surface area contributed by atoms with Crippen molar-refractivity contribution >= 4 is 28.2 Å². The van der Waals surface area contributed by atoms with Crippen molar-refractivity contribution in [2.75, 3.05) is 18.0 Å². The van der Waals surface area contributed by atoms with Gasteiger partial charge in [0.2, 0.25) is 0 Å². The molecule has 1 fully saturated rings. The summed E-state index contributed by atoms with van der Waals surface area (Å²) in [7, 11) is 0. The van der Waals surface area contributed by atoms with E-state index in [0.717, 1.165) is 16.7 Å². The molecule has 0 atom stereocenters. The predicted octanol–water partition coefficient (Wildman–Crippen LogP) is 2.31. The second kappa shape index (κ2) is 4.88. The summed E-state index contributed by atoms with van der Waals surface area (Å²) in [5.41, 5.74) is 0.792. The molecule has 2 heterocycles. The number of hydrogen-bond donors (Lipinski definition) is 0. The number of piperidine rings is 1. The molecule has 102 valence electrons. The van der Waals surface area contributed by atoms with Crippen molar-refractivity contribution in [3.63, 3.8) is 0 Å². The van der Waals surface area contributed by atoms with Crippen LogP contribution in [-0.2, 0) is 4.79 Å². The molecule has 0 unspecified atom stereocenters. The fourth-order valence-corrected chi connectivity index (χ4v) is 2.38. The van der Waals surface area contributed by atoms with E-state index in [1.807, 2.05) is 12.1 Å². The maximum Gasteiger partial charge on any atom is 0.270 e. The van der Waals surface area contributed by atoms with E-state index in [1.165, 1.54) is 12.1 Å². The van der Waals surface area contributed by atoms with Gasteiger partial charge in [-0.2, -0.15) is 0 Å². The maximum absolute atomic E-state index is 11.2. The Morgan fingerprint density at radius 1 is 1.15 bits per heavy atom. The number of pyridine rings is 1. The largest absolute Gasteiger partial charge is 0.356 e. The summed E-state index contributed by atoms with van der Waals surface area (Å²) in [6, 6.07) is 8.32. The van der Waals surface area contributed by atoms with Crippen LogP contribution in [-0.4, -0.2) is 28.8 Å². The number of benzene rings is 1. The van der Waals surface area contributed by atoms with Crippen LogP contribution >= 0.6 is 0 Å². The first-order valence-corrected chi connectivity index (χ1v) is 6.45. The molecule has 0 spiro atoms. The molecule has 6 nitrogen and oxygen atoms in total. The first kappa shape index (κ1) is 12.5. The van der Waals surface area contributed by atoms with Crippen LogP contribution < -0.4 is 4.90 Å². The molecular weight excluding hydrogens is 258 g/mol. The van der Waals surface area contributed by atoms with Gasteiger partial charge in [-0.05, 0) is 18.2 Å². The summed E-state index contributed by atoms with van der Waals surface area (Å²) in [5.74, 6) is 1.11. The van der Waals surface area contributed by atoms with Crippen molar-refractivity contribution in [1.29, 1.82) is 0 Å². The number of carbonyl (C=O) groups is 1. The lowest BCUT2D eigenvalue weighted by molar-refractivity contribution is -0.384. The summed E-state index contributed by atoms with van der Waals surface area (Å²) < 4.78 is 0. The molecule has 6 heteroatoms. The Morgan fingerprint density at radius 3 is 2.60 bits per heavy atom. The summed E-state index contributed by atoms with van der Waals surface area (Å²) in [6.07, 6.45) is 1.11. The van der Waals surface area contributed by atoms with Crippen LogP contribution in [0.1, 0.15) is 12.8 Å². The normalized spacial score (nSPS) is 15.6. The molecule has 1 aromatic carbocycles. The number of nitro benzene ring substituents is 1. The van der Waals surface area contributed by atoms with Crippen molar-refractivity contribution in [1.82, 2.24) is 4.98 Å². The molecule has 3 rings (SSSR count). The van der Waals surface area contributed by atoms with E-state index in [4.69, 9.17) is 0 Å². The zero-order valence-corrected chi connectivity index (χ0v) is 10.8. The molecule has 0 N–H and O–H groups in total. The quantitative estimate of drug-likeness (QED) is 0.618. The maximum atomic E-state index is 11.2. The van der Waals surface area contributed by atoms with E-state index in [-0.39, 0.29) is 11.5 Å². The minimum atomic E-state index is -0.413. The smallest absolute Gasteiger partial charge is 0.270 e. The molecule has 0 bridgehead atoms. The lowest BCUT2D eigenvalue weighted by Gasteiger charge is -2.27. The number of non-ortho nitro benzene ring substituents is 1. The number of nitrogens with zero attached hydrogens (tertiary/aromatic N) is 3. The minimum Gasteiger partial charge on any atom is -0.356 e. The summed E-state index contributed by atoms with van der Waals surface area (Å²) in [5, 5.41) is 11.5. The molecule has 0 amide bonds. The monoisotopic (exact) mass is 271 g/mol. The van der Waals surface area contributed by atoms with E-state index in [0.29, 0.717) is 25.9 Å². The molecule has 1 aliphatic rings. The molecule has 1 aliphatic heterocycles. The molecule has 2 aromatic rings. The van der Waals surface area contributed by atoms with Gasteiger partial charge >= 0.3 is 0 Å². The topological polar surface area (TPSA) is 76.3 Å². The third kappa shape index (κ3) is 2.32. The van der Waals surface area contributed by atoms with Gasteiger partial charge in [-0.3, -0.25) is 14.9 Å². The predicted molar refractivity (Wildman–Crippen MR) is 74.9 cm³/mol. The van der Waals surface area contributed by atoms with Crippen LogP contribution in [0.5, 0.6) is 0 Å². The Morgan fingerprint density at radius 2 is 1.90 bits per heavy atom. The fraction of sp³-hybridized carbons (Fsp3) is 0.286. The molecule has 0 radical (unpaired) electrons. The molecular formula is C14H13N3O3. The van der Waals surface area contributed by atoms with Gasteiger partial charge in [0.05, 0.1) is 10.4 Å². The summed E-state index contributed by atoms with van der Waals surface area (Å²) in [4.78, 5) is 28.2. The molecule has 0 saturated carbocycles. The second-order valence-corrected chi connectivity index (χ2v) is 4.83. The molecule has 1 aromatic heterocycles. The SMILES string of the molecule is O=C1CCN(c2ccc3cc([N+](=O)[O-])ccc3n2)CC1. The van der Waals surface area contributed by atoms with Gasteiger partial charge in [-0.25, -0.2) is 4.98 Å². The zero-order valence-electron chi connectivity index (χ0n) is 10.8. The van der Waals surface area contributed by atoms with Crippen LogP contribution in [0.15, 0.2) is 30.3 Å². The highest BCUT2D eigenvalue weighted by Gasteiger charge is 2.17. The third-order valence-corrected chi connectivity index (χ3v) is 3.51. The lowest BCUT2D eigenvalue weighted by atomic mass is 10.1. The second-order valence-electron chi connectivity index (χ2n) is 4.83. The number of rotatable bonds is 2. The number of aromatic nitrogens is 1. The number of Topliss-reactive ketones (excluding diaryl/α,β-unsaturated/α-hetero) is 1. The zero-order chi connectivity index (χ0) is 14.1. The van der Waals surface area contributed by atoms with Gasteiger partial charge in [-0.15, -0.1) is 0 Å². The van der Waals surface area contributed by atoms with E-state index in [9.17, 15) is 14.9 Å². The minimum absolute atomic E-state index is 0.0654. The van der Waals surface area contributed by atoms with Gasteiger partial charge in [0, 0.05) is 43.5 Å². The highest BCUT2D eigenvalue weighted by molar-refractivity contribution is 5.84. The Labute approximate surface area is 115 Å². The van der Waals surface area contributed by atoms with Gasteiger partial charge in [0.25, 0.3) is 5.69 Å². The highest BCUT2D eigenvalue weighted by atomic mass is 16.6. The Bertz CT molecular complexity index is 689. The van der Waals surface area contributed by atoms with Gasteiger partial charge < -0.3 is 4.90 Å². The van der Waals surface area contributed by atoms with Crippen LogP contribution in [0.4, 0.5) is 11.5 Å². The third-order valence-electron chi connectivity index (χ3n) is 3.51. The molecule has 1 saturated heterocycles. The van der Waals surface area contributed by atoms with Crippen LogP contribution in [0.3, 0.4) is 0 Å². The Kier molecular flexibility index (Phi) is 3.06. The van der Waals surface area contributed by atoms with Crippen molar-refractivity contribution < 1.29 is 9.72 Å². The number of nitro groups is 1. The van der Waals surface area contributed by atoms with Crippen molar-refractivity contribution in [3.05, 3.63) is 40.4 Å². The van der Waals surface area contributed by atoms with E-state index < -0.39 is 4.92 Å². The van der Waals surface area contributed by atoms with E-state index in [1.54, 1.807) is 6.07 Å². The molecule has 20 heavy (non-hydrogen) atoms. The van der Waals surface area contributed by atoms with Crippen molar-refractivity contribution in [2.45, 2.75) is 12.8 Å². The Balaban J connectivity index is 1.93. The van der Waals surface area contributed by atoms with Crippen molar-refractivity contribution in [3.8, 4) is 0 Å². The van der Waals surface area contributed by atoms with Crippen LogP contribution in [0.2, 0.25) is 0 Å². The van der Waals surface area contributed by atoms with Gasteiger partial charge in [-0.1, -0.05) is 0 Å². The average Bonchev–Trinajstić information content (AvgIpc) is 2.47. The first-order valence-electron chi connectivity index (χ1n) is 6.45. The number of hydrogen-bond acceptors (Lipinski definition) is 5. The fourth-order valence-electron chi connectivity index (χ4n) is 2.38. The molecule has 0 aliphatic carbocycles. The highest BCUT2D eigenvalue weighted by Crippen LogP contribution is 2.23.